The van der Waals surface area contributed by atoms with Crippen LogP contribution in [0.3, 0.4) is 0 Å². The van der Waals surface area contributed by atoms with E-state index in [0.29, 0.717) is 37.9 Å². The first-order valence-electron chi connectivity index (χ1n) is 10.8. The number of nitrogens with zero attached hydrogens (tertiary/aromatic N) is 4. The SMILES string of the molecule is CCC(=O)[C@H]1CN(C2CCN(C3=NN=C(N)C3)CC2)C(Cc2ccc(Cl)cc2)CO1. The van der Waals surface area contributed by atoms with Crippen molar-refractivity contribution in [2.24, 2.45) is 15.9 Å². The van der Waals surface area contributed by atoms with Gasteiger partial charge in [0.05, 0.1) is 13.0 Å². The van der Waals surface area contributed by atoms with Crippen LogP contribution in [0.15, 0.2) is 34.5 Å². The van der Waals surface area contributed by atoms with Gasteiger partial charge in [-0.05, 0) is 37.0 Å². The Kier molecular flexibility index (Phi) is 6.71. The molecule has 8 heteroatoms. The summed E-state index contributed by atoms with van der Waals surface area (Å²) >= 11 is 6.05. The van der Waals surface area contributed by atoms with Crippen LogP contribution in [0.2, 0.25) is 5.02 Å². The average molecular weight is 432 g/mol. The fourth-order valence-corrected chi connectivity index (χ4v) is 4.77. The summed E-state index contributed by atoms with van der Waals surface area (Å²) in [6.07, 6.45) is 3.80. The Hall–Kier alpha value is -1.96. The number of likely N-dealkylation sites (tertiary alicyclic amines) is 1. The second kappa shape index (κ2) is 9.45. The lowest BCUT2D eigenvalue weighted by Crippen LogP contribution is -2.58. The summed E-state index contributed by atoms with van der Waals surface area (Å²) in [5, 5.41) is 8.94. The molecule has 162 valence electrons. The van der Waals surface area contributed by atoms with Crippen molar-refractivity contribution in [2.45, 2.75) is 57.2 Å². The van der Waals surface area contributed by atoms with Crippen LogP contribution >= 0.6 is 11.6 Å². The molecular formula is C22H30ClN5O2. The number of hydrogen-bond donors (Lipinski definition) is 1. The molecular weight excluding hydrogens is 402 g/mol. The van der Waals surface area contributed by atoms with Gasteiger partial charge in [0.2, 0.25) is 0 Å². The van der Waals surface area contributed by atoms with Crippen LogP contribution < -0.4 is 5.73 Å². The topological polar surface area (TPSA) is 83.5 Å². The minimum atomic E-state index is -0.318. The third-order valence-corrected chi connectivity index (χ3v) is 6.61. The first-order valence-corrected chi connectivity index (χ1v) is 11.2. The number of carbonyl (C=O) groups is 1. The molecule has 1 aromatic carbocycles. The molecule has 0 aliphatic carbocycles. The van der Waals surface area contributed by atoms with Crippen molar-refractivity contribution in [2.75, 3.05) is 26.2 Å². The maximum Gasteiger partial charge on any atom is 0.162 e. The molecule has 2 saturated heterocycles. The van der Waals surface area contributed by atoms with Crippen molar-refractivity contribution >= 4 is 29.1 Å². The molecule has 4 rings (SSSR count). The minimum Gasteiger partial charge on any atom is -0.385 e. The molecule has 0 bridgehead atoms. The molecule has 3 aliphatic rings. The predicted molar refractivity (Wildman–Crippen MR) is 119 cm³/mol. The first-order chi connectivity index (χ1) is 14.5. The summed E-state index contributed by atoms with van der Waals surface area (Å²) < 4.78 is 6.00. The number of ether oxygens (including phenoxy) is 1. The average Bonchev–Trinajstić information content (AvgIpc) is 3.21. The largest absolute Gasteiger partial charge is 0.385 e. The third-order valence-electron chi connectivity index (χ3n) is 6.36. The summed E-state index contributed by atoms with van der Waals surface area (Å²) in [5.41, 5.74) is 7.02. The number of carbonyl (C=O) groups excluding carboxylic acids is 1. The predicted octanol–water partition coefficient (Wildman–Crippen LogP) is 2.47. The maximum absolute atomic E-state index is 12.3. The standard InChI is InChI=1S/C22H30ClN5O2/c1-2-19(29)20-13-28(18(14-30-20)11-15-3-5-16(23)6-4-15)17-7-9-27(10-8-17)22-12-21(24)25-26-22/h3-6,17-18,20H,2,7-14H2,1H3,(H2,24,25)/t18?,20-/m1/s1. The molecule has 0 saturated carbocycles. The number of benzene rings is 1. The van der Waals surface area contributed by atoms with Crippen molar-refractivity contribution in [1.82, 2.24) is 9.80 Å². The van der Waals surface area contributed by atoms with Gasteiger partial charge < -0.3 is 15.4 Å². The molecule has 1 unspecified atom stereocenters. The second-order valence-electron chi connectivity index (χ2n) is 8.33. The van der Waals surface area contributed by atoms with Gasteiger partial charge in [-0.3, -0.25) is 9.69 Å². The summed E-state index contributed by atoms with van der Waals surface area (Å²) in [7, 11) is 0. The zero-order chi connectivity index (χ0) is 21.1. The van der Waals surface area contributed by atoms with E-state index in [1.165, 1.54) is 5.56 Å². The van der Waals surface area contributed by atoms with Crippen LogP contribution in [0.1, 0.15) is 38.2 Å². The van der Waals surface area contributed by atoms with E-state index in [9.17, 15) is 4.79 Å². The molecule has 30 heavy (non-hydrogen) atoms. The van der Waals surface area contributed by atoms with E-state index < -0.39 is 0 Å². The number of morpholine rings is 1. The van der Waals surface area contributed by atoms with E-state index in [1.807, 2.05) is 19.1 Å². The Morgan fingerprint density at radius 3 is 2.60 bits per heavy atom. The van der Waals surface area contributed by atoms with Gasteiger partial charge in [-0.2, -0.15) is 0 Å². The van der Waals surface area contributed by atoms with Crippen molar-refractivity contribution < 1.29 is 9.53 Å². The number of rotatable bonds is 5. The molecule has 0 amide bonds. The second-order valence-corrected chi connectivity index (χ2v) is 8.76. The highest BCUT2D eigenvalue weighted by atomic mass is 35.5. The van der Waals surface area contributed by atoms with Gasteiger partial charge in [-0.25, -0.2) is 0 Å². The molecule has 7 nitrogen and oxygen atoms in total. The van der Waals surface area contributed by atoms with Gasteiger partial charge in [-0.15, -0.1) is 10.2 Å². The number of nitrogens with two attached hydrogens (primary N) is 1. The van der Waals surface area contributed by atoms with E-state index >= 15 is 0 Å². The minimum absolute atomic E-state index is 0.190. The number of Topliss-reactive ketones (excluding diaryl/α,β-unsaturated/α-hetero) is 1. The molecule has 2 atom stereocenters. The third kappa shape index (κ3) is 4.85. The first kappa shape index (κ1) is 21.3. The number of amidine groups is 2. The van der Waals surface area contributed by atoms with Crippen molar-refractivity contribution in [3.05, 3.63) is 34.9 Å². The summed E-state index contributed by atoms with van der Waals surface area (Å²) in [5.74, 6) is 1.75. The van der Waals surface area contributed by atoms with E-state index in [2.05, 4.69) is 32.1 Å². The van der Waals surface area contributed by atoms with Gasteiger partial charge in [-0.1, -0.05) is 30.7 Å². The Morgan fingerprint density at radius 1 is 1.23 bits per heavy atom. The monoisotopic (exact) mass is 431 g/mol. The van der Waals surface area contributed by atoms with Gasteiger partial charge in [0.25, 0.3) is 0 Å². The highest BCUT2D eigenvalue weighted by Gasteiger charge is 2.37. The zero-order valence-electron chi connectivity index (χ0n) is 17.5. The van der Waals surface area contributed by atoms with Gasteiger partial charge in [0, 0.05) is 43.2 Å². The quantitative estimate of drug-likeness (QED) is 0.774. The van der Waals surface area contributed by atoms with E-state index in [1.54, 1.807) is 0 Å². The van der Waals surface area contributed by atoms with Crippen LogP contribution in [0.5, 0.6) is 0 Å². The molecule has 0 spiro atoms. The van der Waals surface area contributed by atoms with Crippen molar-refractivity contribution in [3.8, 4) is 0 Å². The van der Waals surface area contributed by atoms with Gasteiger partial charge in [0.15, 0.2) is 5.78 Å². The Bertz CT molecular complexity index is 817. The molecule has 0 radical (unpaired) electrons. The van der Waals surface area contributed by atoms with Crippen LogP contribution in [-0.4, -0.2) is 71.7 Å². The van der Waals surface area contributed by atoms with E-state index in [0.717, 1.165) is 43.2 Å². The van der Waals surface area contributed by atoms with Crippen molar-refractivity contribution in [1.29, 1.82) is 0 Å². The number of halogens is 1. The fraction of sp³-hybridized carbons (Fsp3) is 0.591. The van der Waals surface area contributed by atoms with Crippen LogP contribution in [0, 0.1) is 0 Å². The summed E-state index contributed by atoms with van der Waals surface area (Å²) in [4.78, 5) is 17.2. The maximum atomic E-state index is 12.3. The van der Waals surface area contributed by atoms with Crippen molar-refractivity contribution in [3.63, 3.8) is 0 Å². The Labute approximate surface area is 182 Å². The van der Waals surface area contributed by atoms with Crippen LogP contribution in [0.25, 0.3) is 0 Å². The van der Waals surface area contributed by atoms with Gasteiger partial charge >= 0.3 is 0 Å². The normalized spacial score (nSPS) is 25.9. The molecule has 3 heterocycles. The summed E-state index contributed by atoms with van der Waals surface area (Å²) in [6, 6.07) is 8.71. The molecule has 3 aliphatic heterocycles. The molecule has 0 aromatic heterocycles. The van der Waals surface area contributed by atoms with Gasteiger partial charge in [0.1, 0.15) is 17.8 Å². The smallest absolute Gasteiger partial charge is 0.162 e. The van der Waals surface area contributed by atoms with E-state index in [4.69, 9.17) is 22.1 Å². The number of ketones is 1. The zero-order valence-corrected chi connectivity index (χ0v) is 18.2. The number of piperidine rings is 1. The van der Waals surface area contributed by atoms with Crippen LogP contribution in [-0.2, 0) is 16.0 Å². The fourth-order valence-electron chi connectivity index (χ4n) is 4.64. The van der Waals surface area contributed by atoms with Crippen LogP contribution in [0.4, 0.5) is 0 Å². The molecule has 2 N–H and O–H groups in total. The highest BCUT2D eigenvalue weighted by molar-refractivity contribution is 6.30. The lowest BCUT2D eigenvalue weighted by atomic mass is 9.95. The molecule has 1 aromatic rings. The van der Waals surface area contributed by atoms with E-state index in [-0.39, 0.29) is 17.9 Å². The molecule has 2 fully saturated rings. The lowest BCUT2D eigenvalue weighted by molar-refractivity contribution is -0.143. The Balaban J connectivity index is 1.43. The number of hydrogen-bond acceptors (Lipinski definition) is 7. The summed E-state index contributed by atoms with van der Waals surface area (Å²) in [6.45, 7) is 5.03. The Morgan fingerprint density at radius 2 is 1.97 bits per heavy atom. The highest BCUT2D eigenvalue weighted by Crippen LogP contribution is 2.26. The lowest BCUT2D eigenvalue weighted by Gasteiger charge is -2.46.